The number of benzene rings is 1. The summed E-state index contributed by atoms with van der Waals surface area (Å²) >= 11 is 2.38. The van der Waals surface area contributed by atoms with Crippen LogP contribution in [0.3, 0.4) is 0 Å². The molecule has 1 unspecified atom stereocenters. The predicted octanol–water partition coefficient (Wildman–Crippen LogP) is 2.37. The van der Waals surface area contributed by atoms with Gasteiger partial charge in [-0.15, -0.1) is 0 Å². The molecule has 0 spiro atoms. The maximum Gasteiger partial charge on any atom is 0.0398 e. The summed E-state index contributed by atoms with van der Waals surface area (Å²) < 4.78 is 1.33. The normalized spacial score (nSPS) is 21.1. The minimum Gasteiger partial charge on any atom is -0.381 e. The maximum absolute atomic E-state index is 3.58. The fourth-order valence-corrected chi connectivity index (χ4v) is 2.26. The largest absolute Gasteiger partial charge is 0.381 e. The van der Waals surface area contributed by atoms with Crippen LogP contribution >= 0.6 is 22.6 Å². The molecule has 2 nitrogen and oxygen atoms in total. The van der Waals surface area contributed by atoms with Crippen molar-refractivity contribution in [1.82, 2.24) is 5.32 Å². The molecule has 76 valence electrons. The highest BCUT2D eigenvalue weighted by Gasteiger charge is 2.14. The Hall–Kier alpha value is -0.290. The van der Waals surface area contributed by atoms with Gasteiger partial charge in [-0.2, -0.15) is 0 Å². The highest BCUT2D eigenvalue weighted by Crippen LogP contribution is 2.21. The average Bonchev–Trinajstić information content (AvgIpc) is 2.66. The summed E-state index contributed by atoms with van der Waals surface area (Å²) in [5.41, 5.74) is 2.64. The number of nitrogens with one attached hydrogen (secondary N) is 2. The molecule has 14 heavy (non-hydrogen) atoms. The molecule has 1 aliphatic heterocycles. The van der Waals surface area contributed by atoms with Crippen LogP contribution in [0, 0.1) is 10.5 Å². The van der Waals surface area contributed by atoms with E-state index >= 15 is 0 Å². The van der Waals surface area contributed by atoms with E-state index in [2.05, 4.69) is 58.3 Å². The van der Waals surface area contributed by atoms with Crippen LogP contribution in [-0.4, -0.2) is 19.1 Å². The van der Waals surface area contributed by atoms with E-state index < -0.39 is 0 Å². The third-order valence-corrected chi connectivity index (χ3v) is 3.86. The van der Waals surface area contributed by atoms with Crippen LogP contribution in [0.2, 0.25) is 0 Å². The molecule has 2 N–H and O–H groups in total. The van der Waals surface area contributed by atoms with Crippen molar-refractivity contribution in [3.63, 3.8) is 0 Å². The maximum atomic E-state index is 3.58. The lowest BCUT2D eigenvalue weighted by atomic mass is 10.1. The Balaban J connectivity index is 2.11. The van der Waals surface area contributed by atoms with Crippen molar-refractivity contribution in [2.24, 2.45) is 0 Å². The summed E-state index contributed by atoms with van der Waals surface area (Å²) in [7, 11) is 0. The van der Waals surface area contributed by atoms with Crippen LogP contribution in [-0.2, 0) is 0 Å². The number of anilines is 1. The zero-order valence-electron chi connectivity index (χ0n) is 8.31. The molecule has 1 fully saturated rings. The summed E-state index contributed by atoms with van der Waals surface area (Å²) in [6, 6.07) is 7.02. The van der Waals surface area contributed by atoms with E-state index in [0.29, 0.717) is 6.04 Å². The van der Waals surface area contributed by atoms with Crippen LogP contribution in [0.1, 0.15) is 12.0 Å². The minimum atomic E-state index is 0.604. The van der Waals surface area contributed by atoms with Gasteiger partial charge in [0.15, 0.2) is 0 Å². The summed E-state index contributed by atoms with van der Waals surface area (Å²) in [5.74, 6) is 0. The van der Waals surface area contributed by atoms with Gasteiger partial charge in [0.05, 0.1) is 0 Å². The first-order valence-corrected chi connectivity index (χ1v) is 6.07. The standard InChI is InChI=1S/C11H15IN2/c1-8-10(12)3-2-4-11(8)14-9-5-6-13-7-9/h2-4,9,13-14H,5-7H2,1H3. The average molecular weight is 302 g/mol. The van der Waals surface area contributed by atoms with E-state index in [0.717, 1.165) is 13.1 Å². The number of rotatable bonds is 2. The van der Waals surface area contributed by atoms with Gasteiger partial charge in [-0.3, -0.25) is 0 Å². The van der Waals surface area contributed by atoms with Gasteiger partial charge in [0, 0.05) is 21.8 Å². The van der Waals surface area contributed by atoms with Crippen molar-refractivity contribution in [1.29, 1.82) is 0 Å². The second-order valence-corrected chi connectivity index (χ2v) is 4.91. The van der Waals surface area contributed by atoms with Crippen molar-refractivity contribution in [2.45, 2.75) is 19.4 Å². The molecule has 3 heteroatoms. The van der Waals surface area contributed by atoms with Crippen molar-refractivity contribution in [3.8, 4) is 0 Å². The fraction of sp³-hybridized carbons (Fsp3) is 0.455. The van der Waals surface area contributed by atoms with E-state index in [9.17, 15) is 0 Å². The Labute approximate surface area is 98.6 Å². The Morgan fingerprint density at radius 2 is 2.36 bits per heavy atom. The van der Waals surface area contributed by atoms with Gasteiger partial charge in [-0.25, -0.2) is 0 Å². The van der Waals surface area contributed by atoms with Crippen LogP contribution in [0.4, 0.5) is 5.69 Å². The molecule has 1 atom stereocenters. The molecule has 1 aromatic rings. The zero-order chi connectivity index (χ0) is 9.97. The van der Waals surface area contributed by atoms with Gasteiger partial charge in [0.1, 0.15) is 0 Å². The third-order valence-electron chi connectivity index (χ3n) is 2.69. The molecule has 1 heterocycles. The van der Waals surface area contributed by atoms with E-state index in [1.807, 2.05) is 0 Å². The van der Waals surface area contributed by atoms with Crippen LogP contribution in [0.25, 0.3) is 0 Å². The fourth-order valence-electron chi connectivity index (χ4n) is 1.76. The van der Waals surface area contributed by atoms with Crippen molar-refractivity contribution in [2.75, 3.05) is 18.4 Å². The van der Waals surface area contributed by atoms with Gasteiger partial charge in [0.2, 0.25) is 0 Å². The lowest BCUT2D eigenvalue weighted by molar-refractivity contribution is 0.792. The molecule has 2 rings (SSSR count). The zero-order valence-corrected chi connectivity index (χ0v) is 10.5. The SMILES string of the molecule is Cc1c(I)cccc1NC1CCNC1. The van der Waals surface area contributed by atoms with Crippen LogP contribution in [0.5, 0.6) is 0 Å². The summed E-state index contributed by atoms with van der Waals surface area (Å²) in [6.45, 7) is 4.40. The lowest BCUT2D eigenvalue weighted by Gasteiger charge is -2.15. The monoisotopic (exact) mass is 302 g/mol. The Bertz CT molecular complexity index is 319. The molecule has 0 aliphatic carbocycles. The summed E-state index contributed by atoms with van der Waals surface area (Å²) in [5, 5.41) is 6.94. The third kappa shape index (κ3) is 2.20. The second-order valence-electron chi connectivity index (χ2n) is 3.75. The predicted molar refractivity (Wildman–Crippen MR) is 68.8 cm³/mol. The highest BCUT2D eigenvalue weighted by molar-refractivity contribution is 14.1. The molecular formula is C11H15IN2. The van der Waals surface area contributed by atoms with Crippen LogP contribution in [0.15, 0.2) is 18.2 Å². The molecule has 1 aromatic carbocycles. The van der Waals surface area contributed by atoms with E-state index in [1.165, 1.54) is 21.2 Å². The van der Waals surface area contributed by atoms with Crippen molar-refractivity contribution in [3.05, 3.63) is 27.3 Å². The van der Waals surface area contributed by atoms with E-state index in [1.54, 1.807) is 0 Å². The second kappa shape index (κ2) is 4.49. The molecule has 0 aromatic heterocycles. The van der Waals surface area contributed by atoms with Gasteiger partial charge >= 0.3 is 0 Å². The molecule has 0 saturated carbocycles. The molecule has 0 radical (unpaired) electrons. The number of hydrogen-bond acceptors (Lipinski definition) is 2. The van der Waals surface area contributed by atoms with Gasteiger partial charge in [-0.1, -0.05) is 6.07 Å². The van der Waals surface area contributed by atoms with E-state index in [4.69, 9.17) is 0 Å². The highest BCUT2D eigenvalue weighted by atomic mass is 127. The Morgan fingerprint density at radius 3 is 3.07 bits per heavy atom. The quantitative estimate of drug-likeness (QED) is 0.820. The first-order valence-electron chi connectivity index (χ1n) is 5.00. The molecule has 0 amide bonds. The first-order chi connectivity index (χ1) is 6.77. The Kier molecular flexibility index (Phi) is 3.28. The summed E-state index contributed by atoms with van der Waals surface area (Å²) in [6.07, 6.45) is 1.23. The van der Waals surface area contributed by atoms with Gasteiger partial charge in [-0.05, 0) is 60.2 Å². The number of hydrogen-bond donors (Lipinski definition) is 2. The molecule has 1 aliphatic rings. The molecular weight excluding hydrogens is 287 g/mol. The van der Waals surface area contributed by atoms with Crippen molar-refractivity contribution < 1.29 is 0 Å². The molecule has 1 saturated heterocycles. The first kappa shape index (κ1) is 10.2. The molecule has 0 bridgehead atoms. The van der Waals surface area contributed by atoms with E-state index in [-0.39, 0.29) is 0 Å². The minimum absolute atomic E-state index is 0.604. The van der Waals surface area contributed by atoms with Crippen molar-refractivity contribution >= 4 is 28.3 Å². The van der Waals surface area contributed by atoms with Gasteiger partial charge in [0.25, 0.3) is 0 Å². The van der Waals surface area contributed by atoms with Crippen LogP contribution < -0.4 is 10.6 Å². The lowest BCUT2D eigenvalue weighted by Crippen LogP contribution is -2.22. The van der Waals surface area contributed by atoms with Gasteiger partial charge < -0.3 is 10.6 Å². The number of halogens is 1. The smallest absolute Gasteiger partial charge is 0.0398 e. The summed E-state index contributed by atoms with van der Waals surface area (Å²) in [4.78, 5) is 0. The Morgan fingerprint density at radius 1 is 1.50 bits per heavy atom. The topological polar surface area (TPSA) is 24.1 Å².